The Balaban J connectivity index is 1.95. The Morgan fingerprint density at radius 3 is 2.81 bits per heavy atom. The molecular formula is C17H26N2O2. The molecule has 0 saturated carbocycles. The van der Waals surface area contributed by atoms with Crippen molar-refractivity contribution < 1.29 is 9.53 Å². The molecule has 1 saturated heterocycles. The van der Waals surface area contributed by atoms with Gasteiger partial charge in [0, 0.05) is 12.0 Å². The number of aryl methyl sites for hydroxylation is 1. The Morgan fingerprint density at radius 2 is 2.14 bits per heavy atom. The van der Waals surface area contributed by atoms with Crippen LogP contribution < -0.4 is 15.4 Å². The molecule has 4 nitrogen and oxygen atoms in total. The van der Waals surface area contributed by atoms with E-state index in [-0.39, 0.29) is 11.9 Å². The molecule has 0 spiro atoms. The highest BCUT2D eigenvalue weighted by Gasteiger charge is 2.19. The van der Waals surface area contributed by atoms with E-state index in [0.29, 0.717) is 12.3 Å². The van der Waals surface area contributed by atoms with E-state index >= 15 is 0 Å². The van der Waals surface area contributed by atoms with Crippen LogP contribution in [0.25, 0.3) is 0 Å². The van der Waals surface area contributed by atoms with Gasteiger partial charge in [-0.2, -0.15) is 0 Å². The molecule has 1 aromatic rings. The Labute approximate surface area is 127 Å². The molecule has 1 atom stereocenters. The Morgan fingerprint density at radius 1 is 1.43 bits per heavy atom. The first-order chi connectivity index (χ1) is 10.1. The van der Waals surface area contributed by atoms with E-state index in [0.717, 1.165) is 37.2 Å². The fourth-order valence-electron chi connectivity index (χ4n) is 2.92. The molecule has 2 rings (SSSR count). The number of methoxy groups -OCH3 is 1. The topological polar surface area (TPSA) is 50.4 Å². The first-order valence-corrected chi connectivity index (χ1v) is 7.74. The molecule has 1 heterocycles. The van der Waals surface area contributed by atoms with Crippen molar-refractivity contribution in [2.45, 2.75) is 39.2 Å². The lowest BCUT2D eigenvalue weighted by Crippen LogP contribution is -2.33. The number of hydrogen-bond acceptors (Lipinski definition) is 3. The summed E-state index contributed by atoms with van der Waals surface area (Å²) in [5.74, 6) is 1.48. The number of piperidine rings is 1. The normalized spacial score (nSPS) is 17.3. The van der Waals surface area contributed by atoms with Gasteiger partial charge in [-0.15, -0.1) is 0 Å². The summed E-state index contributed by atoms with van der Waals surface area (Å²) in [5, 5.41) is 6.43. The van der Waals surface area contributed by atoms with Crippen molar-refractivity contribution in [3.8, 4) is 5.75 Å². The zero-order valence-corrected chi connectivity index (χ0v) is 13.2. The van der Waals surface area contributed by atoms with Crippen LogP contribution in [0.3, 0.4) is 0 Å². The smallest absolute Gasteiger partial charge is 0.220 e. The highest BCUT2D eigenvalue weighted by Crippen LogP contribution is 2.26. The second-order valence-corrected chi connectivity index (χ2v) is 5.93. The van der Waals surface area contributed by atoms with Crippen LogP contribution in [0.15, 0.2) is 18.2 Å². The summed E-state index contributed by atoms with van der Waals surface area (Å²) in [6.45, 7) is 6.11. The zero-order valence-electron chi connectivity index (χ0n) is 13.2. The Bertz CT molecular complexity index is 482. The number of nitrogens with one attached hydrogen (secondary N) is 2. The SMILES string of the molecule is COc1ccc(C)cc1C(C)NC(=O)CC1CCNCC1. The van der Waals surface area contributed by atoms with Gasteiger partial charge in [0.1, 0.15) is 5.75 Å². The molecule has 1 fully saturated rings. The predicted octanol–water partition coefficient (Wildman–Crippen LogP) is 2.57. The summed E-state index contributed by atoms with van der Waals surface area (Å²) in [5.41, 5.74) is 2.21. The molecule has 1 unspecified atom stereocenters. The third-order valence-corrected chi connectivity index (χ3v) is 4.16. The molecule has 0 radical (unpaired) electrons. The van der Waals surface area contributed by atoms with Gasteiger partial charge in [-0.25, -0.2) is 0 Å². The van der Waals surface area contributed by atoms with Gasteiger partial charge in [-0.1, -0.05) is 17.7 Å². The number of carbonyl (C=O) groups is 1. The van der Waals surface area contributed by atoms with Gasteiger partial charge in [0.05, 0.1) is 13.2 Å². The summed E-state index contributed by atoms with van der Waals surface area (Å²) in [6.07, 6.45) is 2.81. The number of carbonyl (C=O) groups excluding carboxylic acids is 1. The molecular weight excluding hydrogens is 264 g/mol. The molecule has 0 aromatic heterocycles. The first-order valence-electron chi connectivity index (χ1n) is 7.74. The summed E-state index contributed by atoms with van der Waals surface area (Å²) in [4.78, 5) is 12.2. The average molecular weight is 290 g/mol. The van der Waals surface area contributed by atoms with Crippen molar-refractivity contribution in [2.24, 2.45) is 5.92 Å². The monoisotopic (exact) mass is 290 g/mol. The van der Waals surface area contributed by atoms with Crippen LogP contribution in [0.4, 0.5) is 0 Å². The highest BCUT2D eigenvalue weighted by atomic mass is 16.5. The van der Waals surface area contributed by atoms with Gasteiger partial charge < -0.3 is 15.4 Å². The first kappa shape index (κ1) is 15.8. The number of rotatable bonds is 5. The van der Waals surface area contributed by atoms with Crippen molar-refractivity contribution >= 4 is 5.91 Å². The minimum absolute atomic E-state index is 0.0333. The van der Waals surface area contributed by atoms with Crippen LogP contribution >= 0.6 is 0 Å². The van der Waals surface area contributed by atoms with Crippen molar-refractivity contribution in [2.75, 3.05) is 20.2 Å². The maximum atomic E-state index is 12.2. The van der Waals surface area contributed by atoms with Crippen LogP contribution in [-0.2, 0) is 4.79 Å². The van der Waals surface area contributed by atoms with E-state index < -0.39 is 0 Å². The van der Waals surface area contributed by atoms with Gasteiger partial charge in [-0.3, -0.25) is 4.79 Å². The van der Waals surface area contributed by atoms with Gasteiger partial charge >= 0.3 is 0 Å². The van der Waals surface area contributed by atoms with Crippen LogP contribution in [-0.4, -0.2) is 26.1 Å². The van der Waals surface area contributed by atoms with Gasteiger partial charge in [0.15, 0.2) is 0 Å². The van der Waals surface area contributed by atoms with Crippen LogP contribution in [0.2, 0.25) is 0 Å². The molecule has 1 aromatic carbocycles. The molecule has 1 amide bonds. The average Bonchev–Trinajstić information content (AvgIpc) is 2.48. The standard InChI is InChI=1S/C17H26N2O2/c1-12-4-5-16(21-3)15(10-12)13(2)19-17(20)11-14-6-8-18-9-7-14/h4-5,10,13-14,18H,6-9,11H2,1-3H3,(H,19,20). The van der Waals surface area contributed by atoms with E-state index in [1.807, 2.05) is 26.0 Å². The van der Waals surface area contributed by atoms with Crippen LogP contribution in [0.1, 0.15) is 43.4 Å². The quantitative estimate of drug-likeness (QED) is 0.876. The summed E-state index contributed by atoms with van der Waals surface area (Å²) in [7, 11) is 1.66. The molecule has 2 N–H and O–H groups in total. The molecule has 1 aliphatic heterocycles. The van der Waals surface area contributed by atoms with Crippen molar-refractivity contribution in [1.29, 1.82) is 0 Å². The number of hydrogen-bond donors (Lipinski definition) is 2. The fourth-order valence-corrected chi connectivity index (χ4v) is 2.92. The second kappa shape index (κ2) is 7.46. The highest BCUT2D eigenvalue weighted by molar-refractivity contribution is 5.76. The third kappa shape index (κ3) is 4.46. The largest absolute Gasteiger partial charge is 0.496 e. The lowest BCUT2D eigenvalue weighted by molar-refractivity contribution is -0.122. The van der Waals surface area contributed by atoms with Gasteiger partial charge in [-0.05, 0) is 51.8 Å². The number of ether oxygens (including phenoxy) is 1. The van der Waals surface area contributed by atoms with Crippen molar-refractivity contribution in [3.63, 3.8) is 0 Å². The second-order valence-electron chi connectivity index (χ2n) is 5.93. The van der Waals surface area contributed by atoms with E-state index in [9.17, 15) is 4.79 Å². The Kier molecular flexibility index (Phi) is 5.62. The number of benzene rings is 1. The van der Waals surface area contributed by atoms with Crippen LogP contribution in [0.5, 0.6) is 5.75 Å². The minimum Gasteiger partial charge on any atom is -0.496 e. The fraction of sp³-hybridized carbons (Fsp3) is 0.588. The zero-order chi connectivity index (χ0) is 15.2. The summed E-state index contributed by atoms with van der Waals surface area (Å²) < 4.78 is 5.39. The lowest BCUT2D eigenvalue weighted by atomic mass is 9.94. The maximum Gasteiger partial charge on any atom is 0.220 e. The maximum absolute atomic E-state index is 12.2. The third-order valence-electron chi connectivity index (χ3n) is 4.16. The molecule has 0 aliphatic carbocycles. The van der Waals surface area contributed by atoms with Gasteiger partial charge in [0.2, 0.25) is 5.91 Å². The summed E-state index contributed by atoms with van der Waals surface area (Å²) in [6, 6.07) is 6.02. The van der Waals surface area contributed by atoms with E-state index in [2.05, 4.69) is 16.7 Å². The predicted molar refractivity (Wildman–Crippen MR) is 84.5 cm³/mol. The Hall–Kier alpha value is -1.55. The molecule has 21 heavy (non-hydrogen) atoms. The van der Waals surface area contributed by atoms with E-state index in [1.54, 1.807) is 7.11 Å². The van der Waals surface area contributed by atoms with E-state index in [1.165, 1.54) is 5.56 Å². The molecule has 0 bridgehead atoms. The van der Waals surface area contributed by atoms with Crippen molar-refractivity contribution in [1.82, 2.24) is 10.6 Å². The summed E-state index contributed by atoms with van der Waals surface area (Å²) >= 11 is 0. The minimum atomic E-state index is -0.0333. The van der Waals surface area contributed by atoms with Crippen molar-refractivity contribution in [3.05, 3.63) is 29.3 Å². The molecule has 4 heteroatoms. The molecule has 116 valence electrons. The van der Waals surface area contributed by atoms with E-state index in [4.69, 9.17) is 4.74 Å². The number of amides is 1. The molecule has 1 aliphatic rings. The van der Waals surface area contributed by atoms with Crippen LogP contribution in [0, 0.1) is 12.8 Å². The van der Waals surface area contributed by atoms with Gasteiger partial charge in [0.25, 0.3) is 0 Å². The lowest BCUT2D eigenvalue weighted by Gasteiger charge is -2.23.